The van der Waals surface area contributed by atoms with E-state index in [9.17, 15) is 0 Å². The lowest BCUT2D eigenvalue weighted by atomic mass is 10.2. The van der Waals surface area contributed by atoms with Gasteiger partial charge in [-0.1, -0.05) is 12.1 Å². The van der Waals surface area contributed by atoms with Gasteiger partial charge >= 0.3 is 0 Å². The highest BCUT2D eigenvalue weighted by Crippen LogP contribution is 2.19. The maximum atomic E-state index is 8.80. The Hall–Kier alpha value is -1.27. The number of oxime groups is 1. The summed E-state index contributed by atoms with van der Waals surface area (Å²) >= 11 is 1.75. The Kier molecular flexibility index (Phi) is 5.79. The Labute approximate surface area is 105 Å². The van der Waals surface area contributed by atoms with Crippen LogP contribution in [-0.4, -0.2) is 33.0 Å². The second-order valence-corrected chi connectivity index (χ2v) is 5.10. The van der Waals surface area contributed by atoms with Crippen molar-refractivity contribution in [3.8, 4) is 0 Å². The molecule has 0 spiro atoms. The Morgan fingerprint density at radius 1 is 1.65 bits per heavy atom. The maximum absolute atomic E-state index is 8.80. The summed E-state index contributed by atoms with van der Waals surface area (Å²) in [4.78, 5) is 4.01. The van der Waals surface area contributed by atoms with Gasteiger partial charge in [-0.25, -0.2) is 0 Å². The minimum absolute atomic E-state index is 0.0141. The van der Waals surface area contributed by atoms with Crippen LogP contribution in [0.25, 0.3) is 0 Å². The molecule has 0 fully saturated rings. The number of aromatic nitrogens is 1. The molecular weight excluding hydrogens is 238 g/mol. The number of aliphatic hydroxyl groups is 1. The van der Waals surface area contributed by atoms with Gasteiger partial charge in [-0.3, -0.25) is 4.98 Å². The third kappa shape index (κ3) is 4.62. The summed E-state index contributed by atoms with van der Waals surface area (Å²) in [6, 6.07) is 3.69. The molecule has 1 atom stereocenters. The number of rotatable bonds is 6. The van der Waals surface area contributed by atoms with Crippen LogP contribution in [0, 0.1) is 0 Å². The molecule has 94 valence electrons. The number of nitrogens with zero attached hydrogens (tertiary/aromatic N) is 2. The number of pyridine rings is 1. The Balaban J connectivity index is 2.60. The molecule has 1 heterocycles. The summed E-state index contributed by atoms with van der Waals surface area (Å²) in [6.45, 7) is 2.28. The molecule has 6 heteroatoms. The molecular formula is C11H17N3O2S. The summed E-state index contributed by atoms with van der Waals surface area (Å²) in [5.41, 5.74) is 7.00. The monoisotopic (exact) mass is 255 g/mol. The molecule has 0 saturated heterocycles. The third-order valence-electron chi connectivity index (χ3n) is 2.26. The molecule has 17 heavy (non-hydrogen) atoms. The number of thioether (sulfide) groups is 1. The minimum Gasteiger partial charge on any atom is -0.409 e. The summed E-state index contributed by atoms with van der Waals surface area (Å²) in [5, 5.41) is 20.7. The van der Waals surface area contributed by atoms with E-state index in [1.807, 2.05) is 6.07 Å². The molecule has 1 aromatic rings. The second-order valence-electron chi connectivity index (χ2n) is 3.67. The second kappa shape index (κ2) is 7.13. The predicted molar refractivity (Wildman–Crippen MR) is 69.2 cm³/mol. The first-order chi connectivity index (χ1) is 8.17. The summed E-state index contributed by atoms with van der Waals surface area (Å²) in [5.74, 6) is 0.829. The molecule has 0 aliphatic carbocycles. The molecule has 0 aliphatic rings. The van der Waals surface area contributed by atoms with Gasteiger partial charge in [0, 0.05) is 23.8 Å². The van der Waals surface area contributed by atoms with E-state index in [0.717, 1.165) is 17.7 Å². The van der Waals surface area contributed by atoms with Crippen LogP contribution in [0.4, 0.5) is 0 Å². The first-order valence-corrected chi connectivity index (χ1v) is 6.37. The van der Waals surface area contributed by atoms with Gasteiger partial charge in [-0.2, -0.15) is 11.8 Å². The lowest BCUT2D eigenvalue weighted by Crippen LogP contribution is -2.15. The normalized spacial score (nSPS) is 13.6. The quantitative estimate of drug-likeness (QED) is 0.307. The van der Waals surface area contributed by atoms with Crippen molar-refractivity contribution in [3.05, 3.63) is 29.6 Å². The van der Waals surface area contributed by atoms with Crippen LogP contribution in [0.2, 0.25) is 0 Å². The van der Waals surface area contributed by atoms with Gasteiger partial charge in [0.2, 0.25) is 0 Å². The molecule has 0 bridgehead atoms. The molecule has 0 amide bonds. The van der Waals surface area contributed by atoms with Crippen molar-refractivity contribution >= 4 is 17.6 Å². The highest BCUT2D eigenvalue weighted by Gasteiger charge is 2.05. The van der Waals surface area contributed by atoms with E-state index in [1.54, 1.807) is 24.0 Å². The van der Waals surface area contributed by atoms with Crippen LogP contribution in [0.3, 0.4) is 0 Å². The Morgan fingerprint density at radius 3 is 3.06 bits per heavy atom. The van der Waals surface area contributed by atoms with E-state index in [1.165, 1.54) is 0 Å². The van der Waals surface area contributed by atoms with Crippen molar-refractivity contribution in [3.63, 3.8) is 0 Å². The predicted octanol–water partition coefficient (Wildman–Crippen LogP) is 1.18. The maximum Gasteiger partial charge on any atom is 0.188 e. The molecule has 4 N–H and O–H groups in total. The Morgan fingerprint density at radius 2 is 2.41 bits per heavy atom. The Bertz CT molecular complexity index is 385. The van der Waals surface area contributed by atoms with Gasteiger partial charge in [0.25, 0.3) is 0 Å². The molecule has 5 nitrogen and oxygen atoms in total. The average Bonchev–Trinajstić information content (AvgIpc) is 2.36. The minimum atomic E-state index is 0.0141. The van der Waals surface area contributed by atoms with Crippen molar-refractivity contribution in [1.29, 1.82) is 0 Å². The fourth-order valence-corrected chi connectivity index (χ4v) is 2.19. The summed E-state index contributed by atoms with van der Waals surface area (Å²) < 4.78 is 0. The fourth-order valence-electron chi connectivity index (χ4n) is 1.26. The lowest BCUT2D eigenvalue weighted by Gasteiger charge is -2.09. The van der Waals surface area contributed by atoms with Crippen molar-refractivity contribution in [2.24, 2.45) is 10.9 Å². The SMILES string of the molecule is CC(CCO)SCc1ccnc(C(N)=NO)c1. The van der Waals surface area contributed by atoms with Gasteiger partial charge in [-0.05, 0) is 24.1 Å². The smallest absolute Gasteiger partial charge is 0.188 e. The zero-order chi connectivity index (χ0) is 12.7. The first-order valence-electron chi connectivity index (χ1n) is 5.32. The molecule has 0 aliphatic heterocycles. The van der Waals surface area contributed by atoms with Crippen molar-refractivity contribution in [2.45, 2.75) is 24.3 Å². The number of hydrogen-bond donors (Lipinski definition) is 3. The number of nitrogens with two attached hydrogens (primary N) is 1. The highest BCUT2D eigenvalue weighted by molar-refractivity contribution is 7.99. The van der Waals surface area contributed by atoms with Crippen LogP contribution in [0.15, 0.2) is 23.5 Å². The van der Waals surface area contributed by atoms with Gasteiger partial charge in [-0.15, -0.1) is 0 Å². The molecule has 1 aromatic heterocycles. The zero-order valence-corrected chi connectivity index (χ0v) is 10.5. The average molecular weight is 255 g/mol. The van der Waals surface area contributed by atoms with E-state index in [2.05, 4.69) is 17.1 Å². The van der Waals surface area contributed by atoms with Gasteiger partial charge in [0.05, 0.1) is 0 Å². The largest absolute Gasteiger partial charge is 0.409 e. The number of hydrogen-bond acceptors (Lipinski definition) is 5. The van der Waals surface area contributed by atoms with E-state index >= 15 is 0 Å². The van der Waals surface area contributed by atoms with Crippen molar-refractivity contribution < 1.29 is 10.3 Å². The standard InChI is InChI=1S/C11H17N3O2S/c1-8(3-5-15)17-7-9-2-4-13-10(6-9)11(12)14-16/h2,4,6,8,15-16H,3,5,7H2,1H3,(H2,12,14). The third-order valence-corrected chi connectivity index (χ3v) is 3.57. The summed E-state index contributed by atoms with van der Waals surface area (Å²) in [7, 11) is 0. The van der Waals surface area contributed by atoms with Crippen LogP contribution < -0.4 is 5.73 Å². The first kappa shape index (κ1) is 13.8. The van der Waals surface area contributed by atoms with Crippen LogP contribution in [-0.2, 0) is 5.75 Å². The summed E-state index contributed by atoms with van der Waals surface area (Å²) in [6.07, 6.45) is 2.42. The van der Waals surface area contributed by atoms with Crippen molar-refractivity contribution in [1.82, 2.24) is 4.98 Å². The molecule has 0 saturated carbocycles. The highest BCUT2D eigenvalue weighted by atomic mass is 32.2. The van der Waals surface area contributed by atoms with E-state index < -0.39 is 0 Å². The lowest BCUT2D eigenvalue weighted by molar-refractivity contribution is 0.289. The van der Waals surface area contributed by atoms with Gasteiger partial charge in [0.1, 0.15) is 5.69 Å². The van der Waals surface area contributed by atoms with E-state index in [-0.39, 0.29) is 12.4 Å². The van der Waals surface area contributed by atoms with Crippen molar-refractivity contribution in [2.75, 3.05) is 6.61 Å². The molecule has 0 radical (unpaired) electrons. The van der Waals surface area contributed by atoms with Gasteiger partial charge in [0.15, 0.2) is 5.84 Å². The van der Waals surface area contributed by atoms with E-state index in [4.69, 9.17) is 16.0 Å². The topological polar surface area (TPSA) is 91.7 Å². The van der Waals surface area contributed by atoms with Gasteiger partial charge < -0.3 is 16.0 Å². The molecule has 1 unspecified atom stereocenters. The number of aliphatic hydroxyl groups excluding tert-OH is 1. The molecule has 1 rings (SSSR count). The van der Waals surface area contributed by atoms with Crippen LogP contribution >= 0.6 is 11.8 Å². The zero-order valence-electron chi connectivity index (χ0n) is 9.71. The van der Waals surface area contributed by atoms with Crippen LogP contribution in [0.5, 0.6) is 0 Å². The molecule has 0 aromatic carbocycles. The fraction of sp³-hybridized carbons (Fsp3) is 0.455. The van der Waals surface area contributed by atoms with E-state index in [0.29, 0.717) is 10.9 Å². The number of amidine groups is 1. The van der Waals surface area contributed by atoms with Crippen LogP contribution in [0.1, 0.15) is 24.6 Å².